The highest BCUT2D eigenvalue weighted by Crippen LogP contribution is 2.27. The zero-order chi connectivity index (χ0) is 23.1. The molecule has 0 spiro atoms. The number of piperazine rings is 1. The monoisotopic (exact) mass is 444 g/mol. The first-order valence-corrected chi connectivity index (χ1v) is 11.1. The molecule has 1 aliphatic heterocycles. The number of ether oxygens (including phenoxy) is 1. The van der Waals surface area contributed by atoms with Gasteiger partial charge in [0.2, 0.25) is 0 Å². The number of amides is 1. The van der Waals surface area contributed by atoms with Gasteiger partial charge in [0.25, 0.3) is 5.91 Å². The summed E-state index contributed by atoms with van der Waals surface area (Å²) < 4.78 is 6.23. The number of Topliss-reactive ketones (excluding diaryl/α,β-unsaturated/α-hetero) is 1. The highest BCUT2D eigenvalue weighted by atomic mass is 16.5. The molecule has 2 heterocycles. The van der Waals surface area contributed by atoms with Crippen LogP contribution in [0.5, 0.6) is 5.75 Å². The van der Waals surface area contributed by atoms with Gasteiger partial charge in [0.15, 0.2) is 5.78 Å². The van der Waals surface area contributed by atoms with Gasteiger partial charge in [0, 0.05) is 57.7 Å². The number of benzene rings is 2. The highest BCUT2D eigenvalue weighted by Gasteiger charge is 2.52. The molecule has 170 valence electrons. The number of anilines is 1. The van der Waals surface area contributed by atoms with E-state index in [-0.39, 0.29) is 5.78 Å². The van der Waals surface area contributed by atoms with Gasteiger partial charge in [-0.25, -0.2) is 4.90 Å². The molecule has 1 N–H and O–H groups in total. The van der Waals surface area contributed by atoms with Crippen molar-refractivity contribution in [3.8, 4) is 5.75 Å². The fourth-order valence-corrected chi connectivity index (χ4v) is 4.10. The lowest BCUT2D eigenvalue weighted by molar-refractivity contribution is -0.168. The SMILES string of the molecule is CC(=O)C(Oc1ccccc1)(C(=O)NCc1ccccc1)N1CCN(c2ccncc2)CC1. The molecule has 3 aromatic rings. The quantitative estimate of drug-likeness (QED) is 0.539. The van der Waals surface area contributed by atoms with Crippen LogP contribution in [0.2, 0.25) is 0 Å². The van der Waals surface area contributed by atoms with Gasteiger partial charge in [0.1, 0.15) is 5.75 Å². The van der Waals surface area contributed by atoms with Crippen molar-refractivity contribution in [3.63, 3.8) is 0 Å². The van der Waals surface area contributed by atoms with Gasteiger partial charge in [-0.15, -0.1) is 0 Å². The number of carbonyl (C=O) groups excluding carboxylic acids is 2. The molecule has 1 unspecified atom stereocenters. The second-order valence-corrected chi connectivity index (χ2v) is 7.96. The van der Waals surface area contributed by atoms with E-state index >= 15 is 0 Å². The Balaban J connectivity index is 1.58. The molecule has 4 rings (SSSR count). The molecular formula is C26H28N4O3. The predicted octanol–water partition coefficient (Wildman–Crippen LogP) is 2.88. The molecule has 0 aliphatic carbocycles. The lowest BCUT2D eigenvalue weighted by Gasteiger charge is -2.45. The molecule has 7 nitrogen and oxygen atoms in total. The Bertz CT molecular complexity index is 1050. The molecule has 0 bridgehead atoms. The Morgan fingerprint density at radius 2 is 1.52 bits per heavy atom. The summed E-state index contributed by atoms with van der Waals surface area (Å²) in [6.07, 6.45) is 3.52. The van der Waals surface area contributed by atoms with Crippen molar-refractivity contribution in [2.45, 2.75) is 19.2 Å². The molecule has 1 saturated heterocycles. The third-order valence-electron chi connectivity index (χ3n) is 5.84. The first-order valence-electron chi connectivity index (χ1n) is 11.1. The minimum atomic E-state index is -1.75. The van der Waals surface area contributed by atoms with E-state index in [2.05, 4.69) is 15.2 Å². The number of hydrogen-bond acceptors (Lipinski definition) is 6. The first-order chi connectivity index (χ1) is 16.1. The fraction of sp³-hybridized carbons (Fsp3) is 0.269. The van der Waals surface area contributed by atoms with E-state index in [1.54, 1.807) is 24.5 Å². The topological polar surface area (TPSA) is 74.8 Å². The molecule has 0 radical (unpaired) electrons. The third kappa shape index (κ3) is 5.04. The molecule has 1 amide bonds. The van der Waals surface area contributed by atoms with E-state index in [1.165, 1.54) is 6.92 Å². The van der Waals surface area contributed by atoms with E-state index in [9.17, 15) is 9.59 Å². The molecule has 1 aromatic heterocycles. The van der Waals surface area contributed by atoms with Crippen molar-refractivity contribution >= 4 is 17.4 Å². The lowest BCUT2D eigenvalue weighted by Crippen LogP contribution is -2.69. The molecule has 2 aromatic carbocycles. The van der Waals surface area contributed by atoms with E-state index in [0.29, 0.717) is 38.5 Å². The van der Waals surface area contributed by atoms with Crippen LogP contribution in [0.25, 0.3) is 0 Å². The largest absolute Gasteiger partial charge is 0.456 e. The van der Waals surface area contributed by atoms with Crippen molar-refractivity contribution < 1.29 is 14.3 Å². The van der Waals surface area contributed by atoms with Gasteiger partial charge in [-0.2, -0.15) is 0 Å². The van der Waals surface area contributed by atoms with Crippen LogP contribution in [0, 0.1) is 0 Å². The molecule has 7 heteroatoms. The Kier molecular flexibility index (Phi) is 7.00. The van der Waals surface area contributed by atoms with Gasteiger partial charge in [-0.05, 0) is 29.8 Å². The van der Waals surface area contributed by atoms with E-state index in [0.717, 1.165) is 11.3 Å². The van der Waals surface area contributed by atoms with Crippen molar-refractivity contribution in [1.82, 2.24) is 15.2 Å². The summed E-state index contributed by atoms with van der Waals surface area (Å²) in [5.74, 6) is -0.339. The van der Waals surface area contributed by atoms with Crippen LogP contribution in [-0.2, 0) is 16.1 Å². The molecule has 0 saturated carbocycles. The normalized spacial score (nSPS) is 16.0. The van der Waals surface area contributed by atoms with Crippen LogP contribution in [0.4, 0.5) is 5.69 Å². The highest BCUT2D eigenvalue weighted by molar-refractivity contribution is 6.08. The summed E-state index contributed by atoms with van der Waals surface area (Å²) >= 11 is 0. The predicted molar refractivity (Wildman–Crippen MR) is 127 cm³/mol. The number of carbonyl (C=O) groups is 2. The zero-order valence-corrected chi connectivity index (χ0v) is 18.7. The average molecular weight is 445 g/mol. The second kappa shape index (κ2) is 10.3. The molecular weight excluding hydrogens is 416 g/mol. The Morgan fingerprint density at radius 3 is 2.12 bits per heavy atom. The van der Waals surface area contributed by atoms with Gasteiger partial charge >= 0.3 is 5.72 Å². The molecule has 33 heavy (non-hydrogen) atoms. The molecule has 1 aliphatic rings. The molecule has 1 fully saturated rings. The van der Waals surface area contributed by atoms with Crippen molar-refractivity contribution in [1.29, 1.82) is 0 Å². The van der Waals surface area contributed by atoms with E-state index < -0.39 is 11.6 Å². The number of hydrogen-bond donors (Lipinski definition) is 1. The van der Waals surface area contributed by atoms with Crippen LogP contribution in [0.3, 0.4) is 0 Å². The number of ketones is 1. The second-order valence-electron chi connectivity index (χ2n) is 7.96. The van der Waals surface area contributed by atoms with Crippen LogP contribution < -0.4 is 15.0 Å². The zero-order valence-electron chi connectivity index (χ0n) is 18.7. The number of pyridine rings is 1. The Morgan fingerprint density at radius 1 is 0.909 bits per heavy atom. The van der Waals surface area contributed by atoms with Gasteiger partial charge in [-0.1, -0.05) is 48.5 Å². The summed E-state index contributed by atoms with van der Waals surface area (Å²) in [7, 11) is 0. The summed E-state index contributed by atoms with van der Waals surface area (Å²) in [4.78, 5) is 34.9. The van der Waals surface area contributed by atoms with E-state index in [1.807, 2.05) is 65.6 Å². The lowest BCUT2D eigenvalue weighted by atomic mass is 10.0. The number of para-hydroxylation sites is 1. The third-order valence-corrected chi connectivity index (χ3v) is 5.84. The number of nitrogens with one attached hydrogen (secondary N) is 1. The van der Waals surface area contributed by atoms with Crippen molar-refractivity contribution in [2.24, 2.45) is 0 Å². The Hall–Kier alpha value is -3.71. The van der Waals surface area contributed by atoms with Crippen LogP contribution >= 0.6 is 0 Å². The summed E-state index contributed by atoms with van der Waals surface area (Å²) in [5.41, 5.74) is 0.265. The number of aromatic nitrogens is 1. The maximum Gasteiger partial charge on any atom is 0.301 e. The summed E-state index contributed by atoms with van der Waals surface area (Å²) in [6.45, 7) is 4.03. The minimum Gasteiger partial charge on any atom is -0.456 e. The van der Waals surface area contributed by atoms with Crippen LogP contribution in [-0.4, -0.2) is 53.5 Å². The number of nitrogens with zero attached hydrogens (tertiary/aromatic N) is 3. The summed E-state index contributed by atoms with van der Waals surface area (Å²) in [6, 6.07) is 22.6. The van der Waals surface area contributed by atoms with Crippen molar-refractivity contribution in [2.75, 3.05) is 31.1 Å². The van der Waals surface area contributed by atoms with Gasteiger partial charge in [0.05, 0.1) is 0 Å². The maximum absolute atomic E-state index is 13.6. The van der Waals surface area contributed by atoms with Gasteiger partial charge < -0.3 is 15.0 Å². The maximum atomic E-state index is 13.6. The first kappa shape index (κ1) is 22.5. The summed E-state index contributed by atoms with van der Waals surface area (Å²) in [5, 5.41) is 2.93. The number of rotatable bonds is 8. The Labute approximate surface area is 194 Å². The smallest absolute Gasteiger partial charge is 0.301 e. The van der Waals surface area contributed by atoms with Crippen molar-refractivity contribution in [3.05, 3.63) is 90.8 Å². The van der Waals surface area contributed by atoms with E-state index in [4.69, 9.17) is 4.74 Å². The minimum absolute atomic E-state index is 0.309. The van der Waals surface area contributed by atoms with Crippen LogP contribution in [0.1, 0.15) is 12.5 Å². The van der Waals surface area contributed by atoms with Gasteiger partial charge in [-0.3, -0.25) is 14.6 Å². The fourth-order valence-electron chi connectivity index (χ4n) is 4.10. The average Bonchev–Trinajstić information content (AvgIpc) is 2.87. The van der Waals surface area contributed by atoms with Crippen LogP contribution in [0.15, 0.2) is 85.2 Å². The standard InChI is InChI=1S/C26H28N4O3/c1-21(31)26(33-24-10-6-3-7-11-24,25(32)28-20-22-8-4-2-5-9-22)30-18-16-29(17-19-30)23-12-14-27-15-13-23/h2-15H,16-20H2,1H3,(H,28,32). The molecule has 1 atom stereocenters.